The fourth-order valence-electron chi connectivity index (χ4n) is 1.66. The molecule has 1 aromatic carbocycles. The molecule has 20 heavy (non-hydrogen) atoms. The molecule has 1 aromatic rings. The first kappa shape index (κ1) is 16.6. The summed E-state index contributed by atoms with van der Waals surface area (Å²) in [6, 6.07) is 9.13. The van der Waals surface area contributed by atoms with E-state index in [1.165, 1.54) is 0 Å². The summed E-state index contributed by atoms with van der Waals surface area (Å²) in [6.45, 7) is 5.32. The number of hydrogen-bond donors (Lipinski definition) is 2. The van der Waals surface area contributed by atoms with Crippen LogP contribution in [0, 0.1) is 0 Å². The highest BCUT2D eigenvalue weighted by Gasteiger charge is 2.22. The number of thiol groups is 1. The highest BCUT2D eigenvalue weighted by Crippen LogP contribution is 2.10. The number of aryl methyl sites for hydroxylation is 1. The minimum Gasteiger partial charge on any atom is -0.444 e. The number of amides is 1. The van der Waals surface area contributed by atoms with Gasteiger partial charge in [0, 0.05) is 0 Å². The predicted molar refractivity (Wildman–Crippen MR) is 81.9 cm³/mol. The van der Waals surface area contributed by atoms with Crippen molar-refractivity contribution in [2.45, 2.75) is 45.3 Å². The topological polar surface area (TPSA) is 55.4 Å². The average molecular weight is 295 g/mol. The summed E-state index contributed by atoms with van der Waals surface area (Å²) in [7, 11) is 0. The van der Waals surface area contributed by atoms with Gasteiger partial charge in [0.1, 0.15) is 11.6 Å². The molecule has 0 aromatic heterocycles. The van der Waals surface area contributed by atoms with Crippen LogP contribution in [-0.2, 0) is 16.0 Å². The molecule has 1 rings (SSSR count). The number of carbonyl (C=O) groups is 2. The zero-order valence-corrected chi connectivity index (χ0v) is 12.9. The second-order valence-corrected chi connectivity index (χ2v) is 6.00. The Labute approximate surface area is 125 Å². The van der Waals surface area contributed by atoms with Crippen molar-refractivity contribution in [3.05, 3.63) is 35.9 Å². The van der Waals surface area contributed by atoms with Crippen LogP contribution in [0.3, 0.4) is 0 Å². The Morgan fingerprint density at radius 3 is 2.35 bits per heavy atom. The van der Waals surface area contributed by atoms with Crippen molar-refractivity contribution in [3.8, 4) is 0 Å². The van der Waals surface area contributed by atoms with Crippen molar-refractivity contribution in [1.29, 1.82) is 0 Å². The first-order valence-electron chi connectivity index (χ1n) is 6.54. The average Bonchev–Trinajstić information content (AvgIpc) is 2.33. The molecular weight excluding hydrogens is 274 g/mol. The van der Waals surface area contributed by atoms with Gasteiger partial charge < -0.3 is 10.1 Å². The molecule has 5 heteroatoms. The lowest BCUT2D eigenvalue weighted by atomic mass is 10.1. The van der Waals surface area contributed by atoms with E-state index in [0.29, 0.717) is 12.8 Å². The van der Waals surface area contributed by atoms with Gasteiger partial charge in [0.2, 0.25) is 5.12 Å². The van der Waals surface area contributed by atoms with Gasteiger partial charge in [-0.25, -0.2) is 4.79 Å². The quantitative estimate of drug-likeness (QED) is 0.821. The third-order valence-electron chi connectivity index (χ3n) is 2.55. The van der Waals surface area contributed by atoms with Crippen LogP contribution in [0.5, 0.6) is 0 Å². The zero-order chi connectivity index (χ0) is 15.2. The van der Waals surface area contributed by atoms with E-state index in [0.717, 1.165) is 5.56 Å². The molecule has 0 saturated carbocycles. The Hall–Kier alpha value is -1.49. The lowest BCUT2D eigenvalue weighted by Gasteiger charge is -2.22. The van der Waals surface area contributed by atoms with Gasteiger partial charge >= 0.3 is 6.09 Å². The number of ether oxygens (including phenoxy) is 1. The summed E-state index contributed by atoms with van der Waals surface area (Å²) >= 11 is 3.82. The lowest BCUT2D eigenvalue weighted by Crippen LogP contribution is -2.42. The zero-order valence-electron chi connectivity index (χ0n) is 12.1. The van der Waals surface area contributed by atoms with Gasteiger partial charge in [0.05, 0.1) is 0 Å². The summed E-state index contributed by atoms with van der Waals surface area (Å²) in [5, 5.41) is 2.19. The van der Waals surface area contributed by atoms with Gasteiger partial charge in [-0.1, -0.05) is 30.3 Å². The van der Waals surface area contributed by atoms with E-state index in [1.807, 2.05) is 30.3 Å². The molecule has 0 aliphatic rings. The van der Waals surface area contributed by atoms with Gasteiger partial charge in [-0.05, 0) is 39.2 Å². The minimum atomic E-state index is -0.645. The Morgan fingerprint density at radius 1 is 1.25 bits per heavy atom. The maximum Gasteiger partial charge on any atom is 0.408 e. The molecular formula is C15H21NO3S. The predicted octanol–water partition coefficient (Wildman–Crippen LogP) is 2.97. The molecule has 1 amide bonds. The van der Waals surface area contributed by atoms with Crippen LogP contribution in [0.25, 0.3) is 0 Å². The van der Waals surface area contributed by atoms with Crippen molar-refractivity contribution >= 4 is 23.8 Å². The molecule has 110 valence electrons. The summed E-state index contributed by atoms with van der Waals surface area (Å²) in [5.74, 6) is 0. The van der Waals surface area contributed by atoms with Crippen LogP contribution in [0.2, 0.25) is 0 Å². The molecule has 4 nitrogen and oxygen atoms in total. The Bertz CT molecular complexity index is 454. The van der Waals surface area contributed by atoms with Crippen LogP contribution in [0.15, 0.2) is 30.3 Å². The molecule has 1 atom stereocenters. The van der Waals surface area contributed by atoms with Crippen molar-refractivity contribution in [1.82, 2.24) is 5.32 Å². The second-order valence-electron chi connectivity index (χ2n) is 5.56. The first-order valence-corrected chi connectivity index (χ1v) is 6.99. The van der Waals surface area contributed by atoms with Crippen LogP contribution in [-0.4, -0.2) is 22.9 Å². The fraction of sp³-hybridized carbons (Fsp3) is 0.467. The molecule has 0 heterocycles. The van der Waals surface area contributed by atoms with Crippen molar-refractivity contribution in [2.75, 3.05) is 0 Å². The Kier molecular flexibility index (Phi) is 6.07. The molecule has 1 N–H and O–H groups in total. The van der Waals surface area contributed by atoms with E-state index in [1.54, 1.807) is 20.8 Å². The van der Waals surface area contributed by atoms with Crippen LogP contribution < -0.4 is 5.32 Å². The highest BCUT2D eigenvalue weighted by molar-refractivity contribution is 7.96. The molecule has 0 aliphatic carbocycles. The molecule has 0 unspecified atom stereocenters. The summed E-state index contributed by atoms with van der Waals surface area (Å²) in [5.41, 5.74) is 0.520. The Balaban J connectivity index is 2.53. The number of nitrogens with one attached hydrogen (secondary N) is 1. The van der Waals surface area contributed by atoms with Crippen LogP contribution in [0.1, 0.15) is 32.8 Å². The summed E-state index contributed by atoms with van der Waals surface area (Å²) in [6.07, 6.45) is 0.581. The number of benzene rings is 1. The third-order valence-corrected chi connectivity index (χ3v) is 2.87. The third kappa shape index (κ3) is 6.61. The Morgan fingerprint density at radius 2 is 1.85 bits per heavy atom. The van der Waals surface area contributed by atoms with E-state index < -0.39 is 17.7 Å². The number of alkyl carbamates (subject to hydrolysis) is 1. The van der Waals surface area contributed by atoms with E-state index in [2.05, 4.69) is 17.9 Å². The van der Waals surface area contributed by atoms with Crippen molar-refractivity contribution < 1.29 is 14.3 Å². The summed E-state index contributed by atoms with van der Waals surface area (Å²) in [4.78, 5) is 23.1. The van der Waals surface area contributed by atoms with Gasteiger partial charge in [0.25, 0.3) is 0 Å². The van der Waals surface area contributed by atoms with Crippen molar-refractivity contribution in [2.24, 2.45) is 0 Å². The monoisotopic (exact) mass is 295 g/mol. The normalized spacial score (nSPS) is 12.6. The smallest absolute Gasteiger partial charge is 0.408 e. The highest BCUT2D eigenvalue weighted by atomic mass is 32.1. The van der Waals surface area contributed by atoms with Gasteiger partial charge in [-0.2, -0.15) is 0 Å². The van der Waals surface area contributed by atoms with Gasteiger partial charge in [-0.3, -0.25) is 4.79 Å². The molecule has 0 radical (unpaired) electrons. The molecule has 0 spiro atoms. The SMILES string of the molecule is CC(C)(C)OC(=O)N[C@@H](CCc1ccccc1)C(=O)S. The molecule has 0 aliphatic heterocycles. The maximum absolute atomic E-state index is 11.7. The molecule has 0 bridgehead atoms. The standard InChI is InChI=1S/C15H21NO3S/c1-15(2,3)19-14(18)16-12(13(17)20)10-9-11-7-5-4-6-8-11/h4-8,12H,9-10H2,1-3H3,(H,16,18)(H,17,20)/t12-/m0/s1. The van der Waals surface area contributed by atoms with E-state index in [4.69, 9.17) is 4.74 Å². The number of hydrogen-bond acceptors (Lipinski definition) is 3. The van der Waals surface area contributed by atoms with Crippen LogP contribution >= 0.6 is 12.6 Å². The maximum atomic E-state index is 11.7. The largest absolute Gasteiger partial charge is 0.444 e. The van der Waals surface area contributed by atoms with Crippen molar-refractivity contribution in [3.63, 3.8) is 0 Å². The number of carbonyl (C=O) groups excluding carboxylic acids is 2. The van der Waals surface area contributed by atoms with E-state index in [9.17, 15) is 9.59 Å². The summed E-state index contributed by atoms with van der Waals surface area (Å²) < 4.78 is 5.13. The number of rotatable bonds is 5. The first-order chi connectivity index (χ1) is 9.28. The van der Waals surface area contributed by atoms with E-state index in [-0.39, 0.29) is 5.12 Å². The lowest BCUT2D eigenvalue weighted by molar-refractivity contribution is -0.112. The molecule has 0 saturated heterocycles. The van der Waals surface area contributed by atoms with Crippen LogP contribution in [0.4, 0.5) is 4.79 Å². The van der Waals surface area contributed by atoms with E-state index >= 15 is 0 Å². The van der Waals surface area contributed by atoms with Gasteiger partial charge in [0.15, 0.2) is 0 Å². The molecule has 0 fully saturated rings. The second kappa shape index (κ2) is 7.33. The minimum absolute atomic E-state index is 0.369. The van der Waals surface area contributed by atoms with Gasteiger partial charge in [-0.15, -0.1) is 12.6 Å². The fourth-order valence-corrected chi connectivity index (χ4v) is 1.86.